The van der Waals surface area contributed by atoms with Crippen LogP contribution in [-0.4, -0.2) is 20.9 Å². The lowest BCUT2D eigenvalue weighted by atomic mass is 10.2. The zero-order chi connectivity index (χ0) is 13.2. The molecule has 2 heterocycles. The highest BCUT2D eigenvalue weighted by Crippen LogP contribution is 2.16. The summed E-state index contributed by atoms with van der Waals surface area (Å²) in [7, 11) is 0. The molecule has 0 saturated carbocycles. The van der Waals surface area contributed by atoms with Gasteiger partial charge in [0.15, 0.2) is 11.9 Å². The Labute approximate surface area is 109 Å². The van der Waals surface area contributed by atoms with Gasteiger partial charge in [0.25, 0.3) is 0 Å². The number of hydrogen-bond acceptors (Lipinski definition) is 4. The fraction of sp³-hybridized carbons (Fsp3) is 0.0714. The maximum atomic E-state index is 10.9. The molecule has 0 aliphatic heterocycles. The van der Waals surface area contributed by atoms with E-state index >= 15 is 0 Å². The van der Waals surface area contributed by atoms with E-state index in [-0.39, 0.29) is 0 Å². The molecule has 1 aromatic carbocycles. The van der Waals surface area contributed by atoms with Crippen molar-refractivity contribution >= 4 is 23.4 Å². The van der Waals surface area contributed by atoms with Crippen LogP contribution in [0.15, 0.2) is 42.7 Å². The first-order valence-electron chi connectivity index (χ1n) is 5.89. The summed E-state index contributed by atoms with van der Waals surface area (Å²) in [5.74, 6) is 0.681. The molecule has 5 heteroatoms. The molecule has 19 heavy (non-hydrogen) atoms. The fourth-order valence-corrected chi connectivity index (χ4v) is 1.82. The van der Waals surface area contributed by atoms with Crippen LogP contribution in [-0.2, 0) is 0 Å². The highest BCUT2D eigenvalue weighted by Gasteiger charge is 2.05. The minimum Gasteiger partial charge on any atom is -0.340 e. The third-order valence-electron chi connectivity index (χ3n) is 2.85. The van der Waals surface area contributed by atoms with Gasteiger partial charge in [-0.3, -0.25) is 4.79 Å². The first-order chi connectivity index (χ1) is 9.26. The molecule has 3 aromatic rings. The first kappa shape index (κ1) is 11.4. The van der Waals surface area contributed by atoms with Gasteiger partial charge in [0.05, 0.1) is 11.8 Å². The number of benzene rings is 1. The van der Waals surface area contributed by atoms with Crippen molar-refractivity contribution in [1.82, 2.24) is 14.6 Å². The molecule has 0 fully saturated rings. The van der Waals surface area contributed by atoms with Crippen molar-refractivity contribution in [2.24, 2.45) is 0 Å². The molecule has 0 aliphatic carbocycles. The van der Waals surface area contributed by atoms with Crippen molar-refractivity contribution in [3.8, 4) is 0 Å². The van der Waals surface area contributed by atoms with E-state index in [1.54, 1.807) is 10.7 Å². The molecule has 2 aromatic heterocycles. The number of fused-ring (bicyclic) bond motifs is 1. The Morgan fingerprint density at radius 3 is 2.74 bits per heavy atom. The minimum atomic E-state index is 0.479. The van der Waals surface area contributed by atoms with Gasteiger partial charge in [0.2, 0.25) is 0 Å². The SMILES string of the molecule is Cc1ccc(Nc2ccn3ncc(C=O)c3n2)cc1. The van der Waals surface area contributed by atoms with E-state index in [1.165, 1.54) is 11.8 Å². The van der Waals surface area contributed by atoms with Crippen molar-refractivity contribution in [1.29, 1.82) is 0 Å². The molecule has 94 valence electrons. The number of anilines is 2. The maximum Gasteiger partial charge on any atom is 0.167 e. The number of nitrogens with one attached hydrogen (secondary N) is 1. The van der Waals surface area contributed by atoms with Gasteiger partial charge in [-0.2, -0.15) is 5.10 Å². The van der Waals surface area contributed by atoms with Gasteiger partial charge < -0.3 is 5.32 Å². The minimum absolute atomic E-state index is 0.479. The molecular formula is C14H12N4O. The first-order valence-corrected chi connectivity index (χ1v) is 5.89. The molecule has 0 bridgehead atoms. The largest absolute Gasteiger partial charge is 0.340 e. The molecule has 5 nitrogen and oxygen atoms in total. The molecule has 0 amide bonds. The average molecular weight is 252 g/mol. The normalized spacial score (nSPS) is 10.6. The van der Waals surface area contributed by atoms with E-state index in [0.29, 0.717) is 17.0 Å². The predicted octanol–water partition coefficient (Wildman–Crippen LogP) is 2.59. The lowest BCUT2D eigenvalue weighted by Crippen LogP contribution is -1.97. The summed E-state index contributed by atoms with van der Waals surface area (Å²) in [4.78, 5) is 15.3. The van der Waals surface area contributed by atoms with Crippen molar-refractivity contribution < 1.29 is 4.79 Å². The topological polar surface area (TPSA) is 59.3 Å². The number of carbonyl (C=O) groups is 1. The Bertz CT molecular complexity index is 731. The summed E-state index contributed by atoms with van der Waals surface area (Å²) < 4.78 is 1.57. The van der Waals surface area contributed by atoms with E-state index in [1.807, 2.05) is 37.3 Å². The summed E-state index contributed by atoms with van der Waals surface area (Å²) >= 11 is 0. The van der Waals surface area contributed by atoms with E-state index in [2.05, 4.69) is 15.4 Å². The van der Waals surface area contributed by atoms with Gasteiger partial charge >= 0.3 is 0 Å². The smallest absolute Gasteiger partial charge is 0.167 e. The number of carbonyl (C=O) groups excluding carboxylic acids is 1. The fourth-order valence-electron chi connectivity index (χ4n) is 1.82. The zero-order valence-electron chi connectivity index (χ0n) is 10.4. The molecule has 3 rings (SSSR count). The quantitative estimate of drug-likeness (QED) is 0.728. The third-order valence-corrected chi connectivity index (χ3v) is 2.85. The average Bonchev–Trinajstić information content (AvgIpc) is 2.84. The van der Waals surface area contributed by atoms with Crippen LogP contribution < -0.4 is 5.32 Å². The Balaban J connectivity index is 1.96. The van der Waals surface area contributed by atoms with Crippen molar-refractivity contribution in [2.45, 2.75) is 6.92 Å². The van der Waals surface area contributed by atoms with Crippen molar-refractivity contribution in [3.05, 3.63) is 53.9 Å². The molecular weight excluding hydrogens is 240 g/mol. The molecule has 0 radical (unpaired) electrons. The molecule has 0 spiro atoms. The van der Waals surface area contributed by atoms with Crippen LogP contribution in [0.2, 0.25) is 0 Å². The van der Waals surface area contributed by atoms with E-state index < -0.39 is 0 Å². The Kier molecular flexibility index (Phi) is 2.72. The van der Waals surface area contributed by atoms with Crippen LogP contribution in [0.1, 0.15) is 15.9 Å². The third kappa shape index (κ3) is 2.18. The van der Waals surface area contributed by atoms with Gasteiger partial charge in [-0.1, -0.05) is 17.7 Å². The second kappa shape index (κ2) is 4.53. The standard InChI is InChI=1S/C14H12N4O/c1-10-2-4-12(5-3-10)16-13-6-7-18-14(17-13)11(9-19)8-15-18/h2-9H,1H3,(H,16,17). The second-order valence-electron chi connectivity index (χ2n) is 4.29. The Morgan fingerprint density at radius 2 is 2.00 bits per heavy atom. The summed E-state index contributed by atoms with van der Waals surface area (Å²) in [5.41, 5.74) is 3.18. The molecule has 0 saturated heterocycles. The monoisotopic (exact) mass is 252 g/mol. The number of hydrogen-bond donors (Lipinski definition) is 1. The van der Waals surface area contributed by atoms with Gasteiger partial charge in [0, 0.05) is 11.9 Å². The number of rotatable bonds is 3. The van der Waals surface area contributed by atoms with Crippen LogP contribution >= 0.6 is 0 Å². The van der Waals surface area contributed by atoms with Crippen LogP contribution in [0.3, 0.4) is 0 Å². The molecule has 0 aliphatic rings. The van der Waals surface area contributed by atoms with Crippen molar-refractivity contribution in [3.63, 3.8) is 0 Å². The van der Waals surface area contributed by atoms with Gasteiger partial charge in [-0.15, -0.1) is 0 Å². The van der Waals surface area contributed by atoms with Crippen LogP contribution in [0.25, 0.3) is 5.65 Å². The highest BCUT2D eigenvalue weighted by molar-refractivity contribution is 5.84. The van der Waals surface area contributed by atoms with Gasteiger partial charge in [-0.25, -0.2) is 9.50 Å². The van der Waals surface area contributed by atoms with E-state index in [9.17, 15) is 4.79 Å². The van der Waals surface area contributed by atoms with Crippen LogP contribution in [0, 0.1) is 6.92 Å². The maximum absolute atomic E-state index is 10.9. The number of aryl methyl sites for hydroxylation is 1. The van der Waals surface area contributed by atoms with Crippen LogP contribution in [0.5, 0.6) is 0 Å². The van der Waals surface area contributed by atoms with Crippen LogP contribution in [0.4, 0.5) is 11.5 Å². The lowest BCUT2D eigenvalue weighted by molar-refractivity contribution is 0.112. The molecule has 1 N–H and O–H groups in total. The number of aromatic nitrogens is 3. The van der Waals surface area contributed by atoms with Gasteiger partial charge in [-0.05, 0) is 25.1 Å². The summed E-state index contributed by atoms with van der Waals surface area (Å²) in [5, 5.41) is 7.24. The Morgan fingerprint density at radius 1 is 1.21 bits per heavy atom. The predicted molar refractivity (Wildman–Crippen MR) is 72.8 cm³/mol. The van der Waals surface area contributed by atoms with E-state index in [4.69, 9.17) is 0 Å². The zero-order valence-corrected chi connectivity index (χ0v) is 10.4. The van der Waals surface area contributed by atoms with Crippen molar-refractivity contribution in [2.75, 3.05) is 5.32 Å². The van der Waals surface area contributed by atoms with Gasteiger partial charge in [0.1, 0.15) is 5.82 Å². The Hall–Kier alpha value is -2.69. The summed E-state index contributed by atoms with van der Waals surface area (Å²) in [6.45, 7) is 2.04. The lowest BCUT2D eigenvalue weighted by Gasteiger charge is -2.06. The number of nitrogens with zero attached hydrogens (tertiary/aromatic N) is 3. The summed E-state index contributed by atoms with van der Waals surface area (Å²) in [6, 6.07) is 9.83. The highest BCUT2D eigenvalue weighted by atomic mass is 16.1. The number of aldehydes is 1. The second-order valence-corrected chi connectivity index (χ2v) is 4.29. The summed E-state index contributed by atoms with van der Waals surface area (Å²) in [6.07, 6.45) is 4.03. The molecule has 0 atom stereocenters. The van der Waals surface area contributed by atoms with E-state index in [0.717, 1.165) is 12.0 Å². The molecule has 0 unspecified atom stereocenters.